The number of piperidine rings is 1. The fraction of sp³-hybridized carbons (Fsp3) is 0.429. The van der Waals surface area contributed by atoms with E-state index in [2.05, 4.69) is 11.8 Å². The van der Waals surface area contributed by atoms with E-state index in [0.717, 1.165) is 55.9 Å². The molecule has 144 valence electrons. The van der Waals surface area contributed by atoms with Gasteiger partial charge in [-0.3, -0.25) is 4.31 Å². The SMILES string of the molecule is CCN1CCC(N(c2ccccc2)S(=O)(=O)c2ccc3c(c2)CCO3)CC1. The molecule has 1 saturated heterocycles. The number of rotatable bonds is 5. The molecule has 0 aliphatic carbocycles. The molecule has 0 aromatic heterocycles. The Bertz CT molecular complexity index is 891. The van der Waals surface area contributed by atoms with Gasteiger partial charge in [-0.2, -0.15) is 0 Å². The Labute approximate surface area is 161 Å². The Morgan fingerprint density at radius 1 is 1.11 bits per heavy atom. The predicted octanol–water partition coefficient (Wildman–Crippen LogP) is 3.30. The van der Waals surface area contributed by atoms with Crippen LogP contribution in [-0.4, -0.2) is 45.6 Å². The molecule has 0 bridgehead atoms. The third kappa shape index (κ3) is 3.56. The smallest absolute Gasteiger partial charge is 0.264 e. The number of hydrogen-bond acceptors (Lipinski definition) is 4. The Morgan fingerprint density at radius 3 is 2.56 bits per heavy atom. The van der Waals surface area contributed by atoms with Crippen LogP contribution in [0.5, 0.6) is 5.75 Å². The van der Waals surface area contributed by atoms with Crippen LogP contribution in [0.1, 0.15) is 25.3 Å². The molecule has 0 unspecified atom stereocenters. The zero-order valence-electron chi connectivity index (χ0n) is 15.7. The Kier molecular flexibility index (Phi) is 5.10. The number of nitrogens with zero attached hydrogens (tertiary/aromatic N) is 2. The van der Waals surface area contributed by atoms with Crippen molar-refractivity contribution < 1.29 is 13.2 Å². The van der Waals surface area contributed by atoms with Crippen LogP contribution in [-0.2, 0) is 16.4 Å². The molecule has 2 aliphatic heterocycles. The molecular formula is C21H26N2O3S. The maximum atomic E-state index is 13.7. The van der Waals surface area contributed by atoms with E-state index < -0.39 is 10.0 Å². The Hall–Kier alpha value is -2.05. The van der Waals surface area contributed by atoms with Crippen LogP contribution < -0.4 is 9.04 Å². The molecule has 2 aliphatic rings. The van der Waals surface area contributed by atoms with Gasteiger partial charge in [0.05, 0.1) is 17.2 Å². The molecule has 2 aromatic carbocycles. The molecule has 4 rings (SSSR count). The van der Waals surface area contributed by atoms with E-state index in [1.807, 2.05) is 30.3 Å². The van der Waals surface area contributed by atoms with Crippen molar-refractivity contribution >= 4 is 15.7 Å². The first kappa shape index (κ1) is 18.3. The predicted molar refractivity (Wildman–Crippen MR) is 107 cm³/mol. The number of fused-ring (bicyclic) bond motifs is 1. The molecular weight excluding hydrogens is 360 g/mol. The van der Waals surface area contributed by atoms with Crippen molar-refractivity contribution in [1.29, 1.82) is 0 Å². The minimum atomic E-state index is -3.64. The summed E-state index contributed by atoms with van der Waals surface area (Å²) in [5.74, 6) is 0.802. The minimum Gasteiger partial charge on any atom is -0.493 e. The molecule has 2 aromatic rings. The van der Waals surface area contributed by atoms with Crippen molar-refractivity contribution in [2.24, 2.45) is 0 Å². The van der Waals surface area contributed by atoms with Crippen molar-refractivity contribution in [3.63, 3.8) is 0 Å². The average Bonchev–Trinajstić information content (AvgIpc) is 3.17. The van der Waals surface area contributed by atoms with Crippen molar-refractivity contribution in [2.75, 3.05) is 30.5 Å². The molecule has 0 saturated carbocycles. The molecule has 5 nitrogen and oxygen atoms in total. The van der Waals surface area contributed by atoms with E-state index in [-0.39, 0.29) is 6.04 Å². The lowest BCUT2D eigenvalue weighted by Crippen LogP contribution is -2.47. The molecule has 1 fully saturated rings. The maximum Gasteiger partial charge on any atom is 0.264 e. The highest BCUT2D eigenvalue weighted by Gasteiger charge is 2.34. The van der Waals surface area contributed by atoms with E-state index >= 15 is 0 Å². The Morgan fingerprint density at radius 2 is 1.85 bits per heavy atom. The molecule has 0 N–H and O–H groups in total. The number of sulfonamides is 1. The number of anilines is 1. The van der Waals surface area contributed by atoms with Gasteiger partial charge in [0, 0.05) is 25.6 Å². The highest BCUT2D eigenvalue weighted by Crippen LogP contribution is 2.33. The summed E-state index contributed by atoms with van der Waals surface area (Å²) in [6.45, 7) is 5.64. The second kappa shape index (κ2) is 7.52. The van der Waals surface area contributed by atoms with E-state index in [1.165, 1.54) is 0 Å². The lowest BCUT2D eigenvalue weighted by molar-refractivity contribution is 0.224. The van der Waals surface area contributed by atoms with Gasteiger partial charge in [-0.1, -0.05) is 25.1 Å². The highest BCUT2D eigenvalue weighted by molar-refractivity contribution is 7.92. The first-order valence-corrected chi connectivity index (χ1v) is 11.1. The van der Waals surface area contributed by atoms with E-state index in [0.29, 0.717) is 11.5 Å². The lowest BCUT2D eigenvalue weighted by Gasteiger charge is -2.38. The molecule has 0 atom stereocenters. The van der Waals surface area contributed by atoms with Crippen LogP contribution in [0.3, 0.4) is 0 Å². The molecule has 27 heavy (non-hydrogen) atoms. The largest absolute Gasteiger partial charge is 0.493 e. The van der Waals surface area contributed by atoms with Gasteiger partial charge in [-0.15, -0.1) is 0 Å². The van der Waals surface area contributed by atoms with Crippen LogP contribution in [0.25, 0.3) is 0 Å². The number of likely N-dealkylation sites (tertiary alicyclic amines) is 1. The van der Waals surface area contributed by atoms with E-state index in [9.17, 15) is 8.42 Å². The first-order chi connectivity index (χ1) is 13.1. The number of hydrogen-bond donors (Lipinski definition) is 0. The van der Waals surface area contributed by atoms with Crippen LogP contribution in [0.15, 0.2) is 53.4 Å². The van der Waals surface area contributed by atoms with Gasteiger partial charge in [0.2, 0.25) is 0 Å². The molecule has 2 heterocycles. The van der Waals surface area contributed by atoms with Crippen molar-refractivity contribution in [3.05, 3.63) is 54.1 Å². The fourth-order valence-electron chi connectivity index (χ4n) is 4.03. The number of benzene rings is 2. The molecule has 0 spiro atoms. The quantitative estimate of drug-likeness (QED) is 0.791. The second-order valence-corrected chi connectivity index (χ2v) is 8.98. The number of ether oxygens (including phenoxy) is 1. The minimum absolute atomic E-state index is 0.0234. The third-order valence-electron chi connectivity index (χ3n) is 5.56. The monoisotopic (exact) mass is 386 g/mol. The standard InChI is InChI=1S/C21H26N2O3S/c1-2-22-13-10-19(11-14-22)23(18-6-4-3-5-7-18)27(24,25)20-8-9-21-17(16-20)12-15-26-21/h3-9,16,19H,2,10-15H2,1H3. The summed E-state index contributed by atoms with van der Waals surface area (Å²) in [5.41, 5.74) is 1.72. The summed E-state index contributed by atoms with van der Waals surface area (Å²) in [7, 11) is -3.64. The Balaban J connectivity index is 1.71. The third-order valence-corrected chi connectivity index (χ3v) is 7.44. The first-order valence-electron chi connectivity index (χ1n) is 9.67. The molecule has 6 heteroatoms. The summed E-state index contributed by atoms with van der Waals surface area (Å²) in [5, 5.41) is 0. The van der Waals surface area contributed by atoms with Crippen LogP contribution in [0.4, 0.5) is 5.69 Å². The van der Waals surface area contributed by atoms with Gasteiger partial charge >= 0.3 is 0 Å². The summed E-state index contributed by atoms with van der Waals surface area (Å²) in [6.07, 6.45) is 2.45. The summed E-state index contributed by atoms with van der Waals surface area (Å²) < 4.78 is 34.5. The van der Waals surface area contributed by atoms with Gasteiger partial charge in [0.1, 0.15) is 5.75 Å². The van der Waals surface area contributed by atoms with Crippen LogP contribution in [0, 0.1) is 0 Å². The van der Waals surface area contributed by atoms with Gasteiger partial charge in [0.25, 0.3) is 10.0 Å². The summed E-state index contributed by atoms with van der Waals surface area (Å²) in [4.78, 5) is 2.73. The lowest BCUT2D eigenvalue weighted by atomic mass is 10.0. The van der Waals surface area contributed by atoms with Gasteiger partial charge in [0.15, 0.2) is 0 Å². The average molecular weight is 387 g/mol. The second-order valence-electron chi connectivity index (χ2n) is 7.17. The summed E-state index contributed by atoms with van der Waals surface area (Å²) >= 11 is 0. The molecule has 0 radical (unpaired) electrons. The topological polar surface area (TPSA) is 49.9 Å². The normalized spacial score (nSPS) is 18.1. The van der Waals surface area contributed by atoms with Crippen molar-refractivity contribution in [2.45, 2.75) is 37.1 Å². The van der Waals surface area contributed by atoms with Crippen molar-refractivity contribution in [1.82, 2.24) is 4.90 Å². The maximum absolute atomic E-state index is 13.7. The zero-order chi connectivity index (χ0) is 18.9. The van der Waals surface area contributed by atoms with Gasteiger partial charge < -0.3 is 9.64 Å². The van der Waals surface area contributed by atoms with Crippen LogP contribution in [0.2, 0.25) is 0 Å². The van der Waals surface area contributed by atoms with Gasteiger partial charge in [-0.05, 0) is 55.3 Å². The zero-order valence-corrected chi connectivity index (χ0v) is 16.5. The number of para-hydroxylation sites is 1. The van der Waals surface area contributed by atoms with Crippen LogP contribution >= 0.6 is 0 Å². The van der Waals surface area contributed by atoms with Gasteiger partial charge in [-0.25, -0.2) is 8.42 Å². The fourth-order valence-corrected chi connectivity index (χ4v) is 5.79. The molecule has 0 amide bonds. The summed E-state index contributed by atoms with van der Waals surface area (Å²) in [6, 6.07) is 14.7. The van der Waals surface area contributed by atoms with E-state index in [1.54, 1.807) is 22.5 Å². The van der Waals surface area contributed by atoms with E-state index in [4.69, 9.17) is 4.74 Å². The highest BCUT2D eigenvalue weighted by atomic mass is 32.2. The van der Waals surface area contributed by atoms with Crippen molar-refractivity contribution in [3.8, 4) is 5.75 Å².